The highest BCUT2D eigenvalue weighted by atomic mass is 32.2. The first-order chi connectivity index (χ1) is 11.9. The molecule has 6 nitrogen and oxygen atoms in total. The van der Waals surface area contributed by atoms with Crippen LogP contribution < -0.4 is 0 Å². The van der Waals surface area contributed by atoms with Gasteiger partial charge in [0.2, 0.25) is 0 Å². The maximum Gasteiger partial charge on any atom is 0.325 e. The molecule has 0 atom stereocenters. The molecular formula is C18H18N2O4S. The number of imide groups is 1. The molecule has 0 N–H and O–H groups in total. The Labute approximate surface area is 149 Å². The summed E-state index contributed by atoms with van der Waals surface area (Å²) >= 11 is 0.837. The quantitative estimate of drug-likeness (QED) is 0.619. The van der Waals surface area contributed by atoms with E-state index in [-0.39, 0.29) is 12.6 Å². The molecule has 0 spiro atoms. The van der Waals surface area contributed by atoms with Crippen molar-refractivity contribution < 1.29 is 19.1 Å². The lowest BCUT2D eigenvalue weighted by atomic mass is 10.1. The second-order valence-electron chi connectivity index (χ2n) is 5.95. The number of nitrogens with zero attached hydrogens (tertiary/aromatic N) is 2. The molecular weight excluding hydrogens is 340 g/mol. The summed E-state index contributed by atoms with van der Waals surface area (Å²) < 4.78 is 6.66. The van der Waals surface area contributed by atoms with E-state index < -0.39 is 17.1 Å². The second kappa shape index (κ2) is 6.76. The van der Waals surface area contributed by atoms with Crippen LogP contribution in [0.3, 0.4) is 0 Å². The molecule has 1 saturated heterocycles. The van der Waals surface area contributed by atoms with E-state index in [0.717, 1.165) is 33.1 Å². The van der Waals surface area contributed by atoms with Gasteiger partial charge in [-0.1, -0.05) is 18.2 Å². The van der Waals surface area contributed by atoms with Crippen molar-refractivity contribution in [2.45, 2.75) is 19.9 Å². The van der Waals surface area contributed by atoms with Crippen LogP contribution in [-0.2, 0) is 14.3 Å². The summed E-state index contributed by atoms with van der Waals surface area (Å²) in [6.45, 7) is 3.80. The van der Waals surface area contributed by atoms with E-state index in [0.29, 0.717) is 4.91 Å². The Morgan fingerprint density at radius 3 is 2.68 bits per heavy atom. The molecule has 0 aliphatic carbocycles. The van der Waals surface area contributed by atoms with E-state index in [4.69, 9.17) is 0 Å². The summed E-state index contributed by atoms with van der Waals surface area (Å²) in [6, 6.07) is 8.18. The number of para-hydroxylation sites is 1. The van der Waals surface area contributed by atoms with E-state index in [2.05, 4.69) is 23.2 Å². The van der Waals surface area contributed by atoms with Gasteiger partial charge in [-0.25, -0.2) is 0 Å². The Hall–Kier alpha value is -2.54. The monoisotopic (exact) mass is 358 g/mol. The lowest BCUT2D eigenvalue weighted by Crippen LogP contribution is -2.34. The second-order valence-corrected chi connectivity index (χ2v) is 6.94. The molecule has 1 aromatic carbocycles. The van der Waals surface area contributed by atoms with E-state index in [9.17, 15) is 14.4 Å². The molecule has 25 heavy (non-hydrogen) atoms. The van der Waals surface area contributed by atoms with E-state index in [1.165, 1.54) is 7.11 Å². The summed E-state index contributed by atoms with van der Waals surface area (Å²) in [5, 5.41) is 0.546. The number of benzene rings is 1. The third kappa shape index (κ3) is 3.19. The van der Waals surface area contributed by atoms with E-state index in [1.54, 1.807) is 6.08 Å². The van der Waals surface area contributed by atoms with Gasteiger partial charge in [0, 0.05) is 28.7 Å². The molecule has 0 saturated carbocycles. The number of thioether (sulfide) groups is 1. The third-order valence-corrected chi connectivity index (χ3v) is 4.91. The van der Waals surface area contributed by atoms with Crippen LogP contribution in [0.1, 0.15) is 25.5 Å². The fraction of sp³-hybridized carbons (Fsp3) is 0.278. The van der Waals surface area contributed by atoms with Crippen LogP contribution in [-0.4, -0.2) is 40.2 Å². The van der Waals surface area contributed by atoms with Gasteiger partial charge in [-0.05, 0) is 37.8 Å². The normalized spacial score (nSPS) is 16.5. The number of carbonyl (C=O) groups is 3. The molecule has 3 rings (SSSR count). The van der Waals surface area contributed by atoms with Gasteiger partial charge < -0.3 is 9.30 Å². The zero-order valence-electron chi connectivity index (χ0n) is 14.2. The van der Waals surface area contributed by atoms with Crippen LogP contribution in [0.15, 0.2) is 35.4 Å². The summed E-state index contributed by atoms with van der Waals surface area (Å²) in [5.41, 5.74) is 1.94. The molecule has 0 radical (unpaired) electrons. The van der Waals surface area contributed by atoms with Gasteiger partial charge in [-0.3, -0.25) is 19.3 Å². The van der Waals surface area contributed by atoms with Crippen LogP contribution in [0.25, 0.3) is 17.0 Å². The Kier molecular flexibility index (Phi) is 4.67. The highest BCUT2D eigenvalue weighted by molar-refractivity contribution is 8.18. The molecule has 0 bridgehead atoms. The first kappa shape index (κ1) is 17.3. The number of amides is 2. The topological polar surface area (TPSA) is 68.6 Å². The Balaban J connectivity index is 1.99. The van der Waals surface area contributed by atoms with Crippen molar-refractivity contribution in [3.8, 4) is 0 Å². The molecule has 2 heterocycles. The van der Waals surface area contributed by atoms with Gasteiger partial charge in [-0.15, -0.1) is 0 Å². The van der Waals surface area contributed by atoms with Gasteiger partial charge in [0.1, 0.15) is 6.54 Å². The van der Waals surface area contributed by atoms with Gasteiger partial charge >= 0.3 is 5.97 Å². The first-order valence-corrected chi connectivity index (χ1v) is 8.65. The minimum Gasteiger partial charge on any atom is -0.468 e. The molecule has 1 aliphatic rings. The van der Waals surface area contributed by atoms with Crippen molar-refractivity contribution in [1.29, 1.82) is 0 Å². The number of aromatic nitrogens is 1. The molecule has 130 valence electrons. The first-order valence-electron chi connectivity index (χ1n) is 7.84. The molecule has 1 aromatic heterocycles. The standard InChI is InChI=1S/C18H18N2O4S/c1-11(2)19-9-12(13-6-4-5-7-14(13)19)8-15-17(22)20(18(23)25-15)10-16(21)24-3/h4-9,11H,10H2,1-3H3. The zero-order valence-corrected chi connectivity index (χ0v) is 15.0. The maximum atomic E-state index is 12.4. The van der Waals surface area contributed by atoms with Crippen molar-refractivity contribution in [3.05, 3.63) is 40.9 Å². The summed E-state index contributed by atoms with van der Waals surface area (Å²) in [4.78, 5) is 37.1. The van der Waals surface area contributed by atoms with Crippen LogP contribution in [0, 0.1) is 0 Å². The van der Waals surface area contributed by atoms with Crippen molar-refractivity contribution in [3.63, 3.8) is 0 Å². The number of hydrogen-bond donors (Lipinski definition) is 0. The van der Waals surface area contributed by atoms with Gasteiger partial charge in [0.25, 0.3) is 11.1 Å². The zero-order chi connectivity index (χ0) is 18.1. The molecule has 2 amide bonds. The molecule has 2 aromatic rings. The fourth-order valence-corrected chi connectivity index (χ4v) is 3.57. The average molecular weight is 358 g/mol. The average Bonchev–Trinajstić information content (AvgIpc) is 3.08. The summed E-state index contributed by atoms with van der Waals surface area (Å²) in [7, 11) is 1.22. The highest BCUT2D eigenvalue weighted by Gasteiger charge is 2.36. The lowest BCUT2D eigenvalue weighted by molar-refractivity contribution is -0.143. The largest absolute Gasteiger partial charge is 0.468 e. The minimum absolute atomic E-state index is 0.265. The SMILES string of the molecule is COC(=O)CN1C(=O)SC(=Cc2cn(C(C)C)c3ccccc23)C1=O. The van der Waals surface area contributed by atoms with Gasteiger partial charge in [-0.2, -0.15) is 0 Å². The third-order valence-electron chi connectivity index (χ3n) is 4.00. The maximum absolute atomic E-state index is 12.4. The van der Waals surface area contributed by atoms with Crippen LogP contribution in [0.5, 0.6) is 0 Å². The van der Waals surface area contributed by atoms with Crippen LogP contribution in [0.2, 0.25) is 0 Å². The smallest absolute Gasteiger partial charge is 0.325 e. The Bertz CT molecular complexity index is 898. The van der Waals surface area contributed by atoms with E-state index >= 15 is 0 Å². The predicted octanol–water partition coefficient (Wildman–Crippen LogP) is 3.43. The number of fused-ring (bicyclic) bond motifs is 1. The van der Waals surface area contributed by atoms with Gasteiger partial charge in [0.15, 0.2) is 0 Å². The predicted molar refractivity (Wildman–Crippen MR) is 97.0 cm³/mol. The molecule has 1 aliphatic heterocycles. The number of rotatable bonds is 4. The fourth-order valence-electron chi connectivity index (χ4n) is 2.75. The van der Waals surface area contributed by atoms with E-state index in [1.807, 2.05) is 30.5 Å². The van der Waals surface area contributed by atoms with Crippen LogP contribution >= 0.6 is 11.8 Å². The Morgan fingerprint density at radius 2 is 2.00 bits per heavy atom. The number of methoxy groups -OCH3 is 1. The van der Waals surface area contributed by atoms with Crippen molar-refractivity contribution in [2.75, 3.05) is 13.7 Å². The van der Waals surface area contributed by atoms with Crippen molar-refractivity contribution in [2.24, 2.45) is 0 Å². The molecule has 7 heteroatoms. The number of esters is 1. The lowest BCUT2D eigenvalue weighted by Gasteiger charge is -2.09. The highest BCUT2D eigenvalue weighted by Crippen LogP contribution is 2.34. The van der Waals surface area contributed by atoms with Crippen molar-refractivity contribution >= 4 is 45.9 Å². The van der Waals surface area contributed by atoms with Crippen molar-refractivity contribution in [1.82, 2.24) is 9.47 Å². The summed E-state index contributed by atoms with van der Waals surface area (Å²) in [6.07, 6.45) is 3.69. The summed E-state index contributed by atoms with van der Waals surface area (Å²) in [5.74, 6) is -1.10. The number of ether oxygens (including phenoxy) is 1. The number of carbonyl (C=O) groups excluding carboxylic acids is 3. The van der Waals surface area contributed by atoms with Gasteiger partial charge in [0.05, 0.1) is 12.0 Å². The Morgan fingerprint density at radius 1 is 1.28 bits per heavy atom. The number of hydrogen-bond acceptors (Lipinski definition) is 5. The molecule has 0 unspecified atom stereocenters. The molecule has 1 fully saturated rings. The van der Waals surface area contributed by atoms with Crippen LogP contribution in [0.4, 0.5) is 4.79 Å². The minimum atomic E-state index is -0.625.